The molecule has 0 saturated carbocycles. The molecule has 0 aliphatic rings. The molecule has 114 valence electrons. The lowest BCUT2D eigenvalue weighted by molar-refractivity contribution is 0.624. The smallest absolute Gasteiger partial charge is 0.181 e. The first-order valence-electron chi connectivity index (χ1n) is 7.17. The maximum atomic E-state index is 13.5. The van der Waals surface area contributed by atoms with E-state index in [9.17, 15) is 4.39 Å². The van der Waals surface area contributed by atoms with Crippen molar-refractivity contribution in [3.8, 4) is 17.5 Å². The lowest BCUT2D eigenvalue weighted by Gasteiger charge is -2.07. The van der Waals surface area contributed by atoms with Crippen LogP contribution in [0, 0.1) is 17.1 Å². The highest BCUT2D eigenvalue weighted by atomic mass is 19.1. The molecule has 0 radical (unpaired) electrons. The van der Waals surface area contributed by atoms with Gasteiger partial charge in [0.1, 0.15) is 23.3 Å². The maximum Gasteiger partial charge on any atom is 0.181 e. The van der Waals surface area contributed by atoms with Crippen LogP contribution in [-0.4, -0.2) is 21.7 Å². The zero-order chi connectivity index (χ0) is 16.1. The molecule has 1 aromatic heterocycles. The van der Waals surface area contributed by atoms with Crippen molar-refractivity contribution in [1.82, 2.24) is 15.2 Å². The van der Waals surface area contributed by atoms with E-state index in [1.807, 2.05) is 36.4 Å². The Kier molecular flexibility index (Phi) is 4.29. The molecule has 6 heteroatoms. The molecule has 23 heavy (non-hydrogen) atoms. The molecule has 5 nitrogen and oxygen atoms in total. The molecule has 0 aliphatic carbocycles. The number of hydrogen-bond donors (Lipinski definition) is 2. The van der Waals surface area contributed by atoms with Gasteiger partial charge in [-0.05, 0) is 12.1 Å². The highest BCUT2D eigenvalue weighted by Crippen LogP contribution is 2.18. The summed E-state index contributed by atoms with van der Waals surface area (Å²) in [5, 5.41) is 19.1. The molecular weight excluding hydrogens is 293 g/mol. The van der Waals surface area contributed by atoms with Gasteiger partial charge in [-0.3, -0.25) is 5.10 Å². The fourth-order valence-corrected chi connectivity index (χ4v) is 2.22. The largest absolute Gasteiger partial charge is 0.383 e. The number of nitrogens with one attached hydrogen (secondary N) is 2. The van der Waals surface area contributed by atoms with Crippen LogP contribution in [0.2, 0.25) is 0 Å². The molecule has 0 fully saturated rings. The molecule has 0 atom stereocenters. The Labute approximate surface area is 132 Å². The van der Waals surface area contributed by atoms with Crippen LogP contribution >= 0.6 is 0 Å². The van der Waals surface area contributed by atoms with Crippen molar-refractivity contribution < 1.29 is 4.39 Å². The van der Waals surface area contributed by atoms with Gasteiger partial charge in [0.25, 0.3) is 0 Å². The van der Waals surface area contributed by atoms with Gasteiger partial charge < -0.3 is 5.32 Å². The van der Waals surface area contributed by atoms with Crippen molar-refractivity contribution in [2.45, 2.75) is 6.42 Å². The third-order valence-electron chi connectivity index (χ3n) is 3.37. The van der Waals surface area contributed by atoms with E-state index in [2.05, 4.69) is 20.5 Å². The number of aromatic nitrogens is 3. The van der Waals surface area contributed by atoms with E-state index in [1.54, 1.807) is 12.1 Å². The van der Waals surface area contributed by atoms with Crippen molar-refractivity contribution in [2.24, 2.45) is 0 Å². The van der Waals surface area contributed by atoms with Crippen LogP contribution < -0.4 is 5.32 Å². The minimum Gasteiger partial charge on any atom is -0.383 e. The number of nitrogens with zero attached hydrogens (tertiary/aromatic N) is 3. The molecular formula is C17H14FN5. The van der Waals surface area contributed by atoms with Crippen LogP contribution in [0.4, 0.5) is 10.1 Å². The van der Waals surface area contributed by atoms with E-state index in [-0.39, 0.29) is 5.56 Å². The Hall–Kier alpha value is -3.20. The number of anilines is 1. The van der Waals surface area contributed by atoms with E-state index in [0.29, 0.717) is 24.5 Å². The van der Waals surface area contributed by atoms with E-state index < -0.39 is 5.82 Å². The third kappa shape index (κ3) is 3.35. The number of rotatable bonds is 5. The summed E-state index contributed by atoms with van der Waals surface area (Å²) in [5.74, 6) is 0.846. The first kappa shape index (κ1) is 14.7. The summed E-state index contributed by atoms with van der Waals surface area (Å²) in [6, 6.07) is 16.1. The Morgan fingerprint density at radius 3 is 2.74 bits per heavy atom. The zero-order valence-electron chi connectivity index (χ0n) is 12.3. The van der Waals surface area contributed by atoms with Gasteiger partial charge in [0, 0.05) is 18.5 Å². The summed E-state index contributed by atoms with van der Waals surface area (Å²) >= 11 is 0. The third-order valence-corrected chi connectivity index (χ3v) is 3.37. The average Bonchev–Trinajstić information content (AvgIpc) is 3.05. The number of H-pyrrole nitrogens is 1. The fourth-order valence-electron chi connectivity index (χ4n) is 2.22. The average molecular weight is 307 g/mol. The van der Waals surface area contributed by atoms with Gasteiger partial charge in [0.05, 0.1) is 5.69 Å². The first-order chi connectivity index (χ1) is 11.3. The lowest BCUT2D eigenvalue weighted by Crippen LogP contribution is -2.08. The van der Waals surface area contributed by atoms with Crippen LogP contribution in [0.3, 0.4) is 0 Å². The molecule has 1 heterocycles. The topological polar surface area (TPSA) is 77.4 Å². The summed E-state index contributed by atoms with van der Waals surface area (Å²) in [6.07, 6.45) is 0.585. The zero-order valence-corrected chi connectivity index (χ0v) is 12.3. The quantitative estimate of drug-likeness (QED) is 0.759. The fraction of sp³-hybridized carbons (Fsp3) is 0.118. The molecule has 0 bridgehead atoms. The number of benzene rings is 2. The summed E-state index contributed by atoms with van der Waals surface area (Å²) in [6.45, 7) is 0.515. The predicted octanol–water partition coefficient (Wildman–Crippen LogP) is 3.14. The van der Waals surface area contributed by atoms with Crippen molar-refractivity contribution in [3.05, 3.63) is 65.7 Å². The number of hydrogen-bond acceptors (Lipinski definition) is 4. The van der Waals surface area contributed by atoms with Gasteiger partial charge in [0.15, 0.2) is 5.82 Å². The Morgan fingerprint density at radius 1 is 1.13 bits per heavy atom. The molecule has 0 amide bonds. The minimum absolute atomic E-state index is 0.0232. The summed E-state index contributed by atoms with van der Waals surface area (Å²) in [5.41, 5.74) is 1.45. The number of aromatic amines is 1. The second-order valence-electron chi connectivity index (χ2n) is 4.92. The standard InChI is InChI=1S/C17H14FN5/c18-14-7-4-8-15(13(14)11-19)20-10-9-16-21-17(23-22-16)12-5-2-1-3-6-12/h1-8,20H,9-10H2,(H,21,22,23). The highest BCUT2D eigenvalue weighted by Gasteiger charge is 2.08. The van der Waals surface area contributed by atoms with E-state index in [4.69, 9.17) is 5.26 Å². The molecule has 0 saturated heterocycles. The van der Waals surface area contributed by atoms with Crippen LogP contribution in [0.1, 0.15) is 11.4 Å². The van der Waals surface area contributed by atoms with Gasteiger partial charge in [-0.15, -0.1) is 0 Å². The van der Waals surface area contributed by atoms with E-state index in [0.717, 1.165) is 11.4 Å². The normalized spacial score (nSPS) is 10.3. The first-order valence-corrected chi connectivity index (χ1v) is 7.17. The second-order valence-corrected chi connectivity index (χ2v) is 4.92. The monoisotopic (exact) mass is 307 g/mol. The lowest BCUT2D eigenvalue weighted by atomic mass is 10.2. The Balaban J connectivity index is 1.63. The second kappa shape index (κ2) is 6.71. The van der Waals surface area contributed by atoms with Crippen molar-refractivity contribution in [3.63, 3.8) is 0 Å². The molecule has 0 aliphatic heterocycles. The molecule has 2 N–H and O–H groups in total. The number of halogens is 1. The van der Waals surface area contributed by atoms with Crippen LogP contribution in [0.15, 0.2) is 48.5 Å². The predicted molar refractivity (Wildman–Crippen MR) is 85.1 cm³/mol. The highest BCUT2D eigenvalue weighted by molar-refractivity contribution is 5.58. The summed E-state index contributed by atoms with van der Waals surface area (Å²) in [4.78, 5) is 4.43. The SMILES string of the molecule is N#Cc1c(F)cccc1NCCc1nc(-c2ccccc2)n[nH]1. The maximum absolute atomic E-state index is 13.5. The van der Waals surface area contributed by atoms with Crippen molar-refractivity contribution in [1.29, 1.82) is 5.26 Å². The molecule has 2 aromatic carbocycles. The van der Waals surface area contributed by atoms with Crippen LogP contribution in [-0.2, 0) is 6.42 Å². The molecule has 0 unspecified atom stereocenters. The summed E-state index contributed by atoms with van der Waals surface area (Å²) < 4.78 is 13.5. The van der Waals surface area contributed by atoms with E-state index in [1.165, 1.54) is 6.07 Å². The van der Waals surface area contributed by atoms with Gasteiger partial charge >= 0.3 is 0 Å². The van der Waals surface area contributed by atoms with E-state index >= 15 is 0 Å². The van der Waals surface area contributed by atoms with Gasteiger partial charge in [-0.1, -0.05) is 36.4 Å². The molecule has 3 rings (SSSR count). The van der Waals surface area contributed by atoms with Crippen LogP contribution in [0.5, 0.6) is 0 Å². The minimum atomic E-state index is -0.525. The van der Waals surface area contributed by atoms with Crippen molar-refractivity contribution >= 4 is 5.69 Å². The van der Waals surface area contributed by atoms with Gasteiger partial charge in [0.2, 0.25) is 0 Å². The van der Waals surface area contributed by atoms with Crippen LogP contribution in [0.25, 0.3) is 11.4 Å². The Bertz CT molecular complexity index is 836. The van der Waals surface area contributed by atoms with Crippen molar-refractivity contribution in [2.75, 3.05) is 11.9 Å². The molecule has 0 spiro atoms. The Morgan fingerprint density at radius 2 is 1.96 bits per heavy atom. The van der Waals surface area contributed by atoms with Gasteiger partial charge in [-0.2, -0.15) is 10.4 Å². The van der Waals surface area contributed by atoms with Gasteiger partial charge in [-0.25, -0.2) is 9.37 Å². The molecule has 3 aromatic rings. The summed E-state index contributed by atoms with van der Waals surface area (Å²) in [7, 11) is 0. The number of nitriles is 1.